The molecule has 1 aromatic rings. The predicted octanol–water partition coefficient (Wildman–Crippen LogP) is 0.395. The number of anilines is 1. The summed E-state index contributed by atoms with van der Waals surface area (Å²) in [6.07, 6.45) is 0.757. The third-order valence-electron chi connectivity index (χ3n) is 3.16. The number of carbonyl (C=O) groups is 2. The largest absolute Gasteiger partial charge is 0.385 e. The lowest BCUT2D eigenvalue weighted by molar-refractivity contribution is -0.124. The van der Waals surface area contributed by atoms with Crippen LogP contribution in [0.3, 0.4) is 0 Å². The Morgan fingerprint density at radius 3 is 2.82 bits per heavy atom. The summed E-state index contributed by atoms with van der Waals surface area (Å²) in [5.74, 6) is -0.0913. The molecule has 0 fully saturated rings. The fraction of sp³-hybridized carbons (Fsp3) is 0.643. The van der Waals surface area contributed by atoms with Crippen LogP contribution >= 0.6 is 0 Å². The lowest BCUT2D eigenvalue weighted by Crippen LogP contribution is -2.45. The second kappa shape index (κ2) is 9.16. The van der Waals surface area contributed by atoms with Crippen LogP contribution < -0.4 is 10.6 Å². The molecule has 8 nitrogen and oxygen atoms in total. The summed E-state index contributed by atoms with van der Waals surface area (Å²) < 4.78 is 9.83. The van der Waals surface area contributed by atoms with E-state index >= 15 is 0 Å². The van der Waals surface area contributed by atoms with Crippen molar-refractivity contribution in [2.75, 3.05) is 39.2 Å². The number of hydrogen-bond acceptors (Lipinski definition) is 6. The van der Waals surface area contributed by atoms with Crippen LogP contribution in [0.15, 0.2) is 10.6 Å². The van der Waals surface area contributed by atoms with Crippen molar-refractivity contribution in [3.63, 3.8) is 0 Å². The molecule has 0 saturated heterocycles. The first-order valence-corrected chi connectivity index (χ1v) is 7.14. The molecule has 0 spiro atoms. The summed E-state index contributed by atoms with van der Waals surface area (Å²) in [7, 11) is 3.33. The minimum atomic E-state index is -0.477. The molecule has 0 aliphatic heterocycles. The highest BCUT2D eigenvalue weighted by atomic mass is 16.5. The van der Waals surface area contributed by atoms with Gasteiger partial charge in [0.25, 0.3) is 0 Å². The van der Waals surface area contributed by atoms with Crippen molar-refractivity contribution in [3.8, 4) is 0 Å². The standard InChI is InChI=1S/C14H24N4O4/c1-10-8-13(22-17-10)16-14(20)11(2)18(3)9-12(19)15-6-5-7-21-4/h8,11H,5-7,9H2,1-4H3,(H,15,19)(H,16,20)/t11-/m0/s1. The predicted molar refractivity (Wildman–Crippen MR) is 81.5 cm³/mol. The van der Waals surface area contributed by atoms with E-state index in [4.69, 9.17) is 9.26 Å². The third kappa shape index (κ3) is 6.23. The maximum Gasteiger partial charge on any atom is 0.243 e. The molecule has 22 heavy (non-hydrogen) atoms. The van der Waals surface area contributed by atoms with E-state index in [9.17, 15) is 9.59 Å². The number of aromatic nitrogens is 1. The van der Waals surface area contributed by atoms with E-state index in [1.807, 2.05) is 0 Å². The molecule has 0 aromatic carbocycles. The minimum Gasteiger partial charge on any atom is -0.385 e. The zero-order valence-corrected chi connectivity index (χ0v) is 13.5. The molecule has 2 N–H and O–H groups in total. The molecule has 2 amide bonds. The summed E-state index contributed by atoms with van der Waals surface area (Å²) in [6.45, 7) is 4.78. The number of methoxy groups -OCH3 is 1. The van der Waals surface area contributed by atoms with Crippen LogP contribution in [-0.4, -0.2) is 61.8 Å². The number of nitrogens with zero attached hydrogens (tertiary/aromatic N) is 2. The van der Waals surface area contributed by atoms with Gasteiger partial charge in [0, 0.05) is 26.3 Å². The molecule has 0 radical (unpaired) electrons. The van der Waals surface area contributed by atoms with Crippen LogP contribution in [0.1, 0.15) is 19.0 Å². The molecule has 0 unspecified atom stereocenters. The van der Waals surface area contributed by atoms with Gasteiger partial charge in [0.15, 0.2) is 0 Å². The first kappa shape index (κ1) is 18.1. The van der Waals surface area contributed by atoms with E-state index in [1.54, 1.807) is 39.0 Å². The van der Waals surface area contributed by atoms with Crippen LogP contribution in [-0.2, 0) is 14.3 Å². The van der Waals surface area contributed by atoms with Crippen molar-refractivity contribution in [1.82, 2.24) is 15.4 Å². The second-order valence-electron chi connectivity index (χ2n) is 5.11. The molecule has 1 atom stereocenters. The number of ether oxygens (including phenoxy) is 1. The highest BCUT2D eigenvalue weighted by Crippen LogP contribution is 2.09. The normalized spacial score (nSPS) is 12.2. The van der Waals surface area contributed by atoms with Gasteiger partial charge in [-0.3, -0.25) is 19.8 Å². The molecule has 124 valence electrons. The van der Waals surface area contributed by atoms with E-state index in [2.05, 4.69) is 15.8 Å². The van der Waals surface area contributed by atoms with Gasteiger partial charge in [-0.05, 0) is 27.3 Å². The van der Waals surface area contributed by atoms with Crippen molar-refractivity contribution in [2.24, 2.45) is 0 Å². The van der Waals surface area contributed by atoms with Gasteiger partial charge in [-0.1, -0.05) is 5.16 Å². The van der Waals surface area contributed by atoms with Gasteiger partial charge < -0.3 is 14.6 Å². The molecule has 1 aromatic heterocycles. The highest BCUT2D eigenvalue weighted by molar-refractivity contribution is 5.93. The first-order valence-electron chi connectivity index (χ1n) is 7.14. The zero-order valence-electron chi connectivity index (χ0n) is 13.5. The molecule has 1 heterocycles. The number of likely N-dealkylation sites (N-methyl/N-ethyl adjacent to an activating group) is 1. The Hall–Kier alpha value is -1.93. The van der Waals surface area contributed by atoms with Gasteiger partial charge in [0.1, 0.15) is 0 Å². The Morgan fingerprint density at radius 2 is 2.23 bits per heavy atom. The van der Waals surface area contributed by atoms with Gasteiger partial charge >= 0.3 is 0 Å². The van der Waals surface area contributed by atoms with Crippen molar-refractivity contribution in [1.29, 1.82) is 0 Å². The lowest BCUT2D eigenvalue weighted by atomic mass is 10.2. The topological polar surface area (TPSA) is 96.7 Å². The van der Waals surface area contributed by atoms with Crippen molar-refractivity contribution >= 4 is 17.7 Å². The number of amides is 2. The Morgan fingerprint density at radius 1 is 1.50 bits per heavy atom. The summed E-state index contributed by atoms with van der Waals surface area (Å²) in [5.41, 5.74) is 0.687. The van der Waals surface area contributed by atoms with Crippen LogP contribution in [0.25, 0.3) is 0 Å². The number of nitrogens with one attached hydrogen (secondary N) is 2. The fourth-order valence-electron chi connectivity index (χ4n) is 1.71. The molecule has 1 rings (SSSR count). The smallest absolute Gasteiger partial charge is 0.243 e. The van der Waals surface area contributed by atoms with Crippen LogP contribution in [0.5, 0.6) is 0 Å². The molecule has 0 bridgehead atoms. The Bertz CT molecular complexity index is 489. The summed E-state index contributed by atoms with van der Waals surface area (Å²) in [6, 6.07) is 1.16. The maximum atomic E-state index is 12.1. The quantitative estimate of drug-likeness (QED) is 0.641. The number of carbonyl (C=O) groups excluding carboxylic acids is 2. The van der Waals surface area contributed by atoms with E-state index in [-0.39, 0.29) is 18.4 Å². The zero-order chi connectivity index (χ0) is 16.5. The SMILES string of the molecule is COCCCNC(=O)CN(C)[C@@H](C)C(=O)Nc1cc(C)no1. The first-order chi connectivity index (χ1) is 10.4. The van der Waals surface area contributed by atoms with Gasteiger partial charge in [-0.2, -0.15) is 0 Å². The van der Waals surface area contributed by atoms with Crippen molar-refractivity contribution in [2.45, 2.75) is 26.3 Å². The molecule has 0 saturated carbocycles. The minimum absolute atomic E-state index is 0.131. The fourth-order valence-corrected chi connectivity index (χ4v) is 1.71. The van der Waals surface area contributed by atoms with E-state index < -0.39 is 6.04 Å². The average molecular weight is 312 g/mol. The van der Waals surface area contributed by atoms with Gasteiger partial charge in [0.05, 0.1) is 18.3 Å². The summed E-state index contributed by atoms with van der Waals surface area (Å²) in [4.78, 5) is 25.5. The van der Waals surface area contributed by atoms with Crippen molar-refractivity contribution in [3.05, 3.63) is 11.8 Å². The summed E-state index contributed by atoms with van der Waals surface area (Å²) in [5, 5.41) is 9.09. The molecular formula is C14H24N4O4. The van der Waals surface area contributed by atoms with E-state index in [0.29, 0.717) is 24.7 Å². The monoisotopic (exact) mass is 312 g/mol. The molecule has 0 aliphatic carbocycles. The molecular weight excluding hydrogens is 288 g/mol. The number of aryl methyl sites for hydroxylation is 1. The van der Waals surface area contributed by atoms with Crippen LogP contribution in [0.2, 0.25) is 0 Å². The molecule has 8 heteroatoms. The van der Waals surface area contributed by atoms with Gasteiger partial charge in [-0.15, -0.1) is 0 Å². The maximum absolute atomic E-state index is 12.1. The third-order valence-corrected chi connectivity index (χ3v) is 3.16. The Balaban J connectivity index is 2.35. The summed E-state index contributed by atoms with van der Waals surface area (Å²) >= 11 is 0. The number of rotatable bonds is 9. The van der Waals surface area contributed by atoms with Crippen molar-refractivity contribution < 1.29 is 18.8 Å². The van der Waals surface area contributed by atoms with E-state index in [0.717, 1.165) is 6.42 Å². The Labute approximate surface area is 130 Å². The highest BCUT2D eigenvalue weighted by Gasteiger charge is 2.21. The lowest BCUT2D eigenvalue weighted by Gasteiger charge is -2.22. The van der Waals surface area contributed by atoms with Crippen LogP contribution in [0, 0.1) is 6.92 Å². The van der Waals surface area contributed by atoms with Gasteiger partial charge in [0.2, 0.25) is 17.7 Å². The van der Waals surface area contributed by atoms with E-state index in [1.165, 1.54) is 0 Å². The van der Waals surface area contributed by atoms with Gasteiger partial charge in [-0.25, -0.2) is 0 Å². The average Bonchev–Trinajstić information content (AvgIpc) is 2.87. The molecule has 0 aliphatic rings. The second-order valence-corrected chi connectivity index (χ2v) is 5.11. The number of hydrogen-bond donors (Lipinski definition) is 2. The Kier molecular flexibility index (Phi) is 7.55. The van der Waals surface area contributed by atoms with Crippen LogP contribution in [0.4, 0.5) is 5.88 Å².